The molecule has 2 unspecified atom stereocenters. The lowest BCUT2D eigenvalue weighted by Crippen LogP contribution is -2.53. The van der Waals surface area contributed by atoms with Gasteiger partial charge in [0.2, 0.25) is 5.91 Å². The summed E-state index contributed by atoms with van der Waals surface area (Å²) in [6.45, 7) is 6.20. The number of piperazine rings is 1. The first-order valence-electron chi connectivity index (χ1n) is 9.79. The summed E-state index contributed by atoms with van der Waals surface area (Å²) in [7, 11) is 0. The van der Waals surface area contributed by atoms with Gasteiger partial charge in [-0.25, -0.2) is 0 Å². The number of fused-ring (bicyclic) bond motifs is 2. The fourth-order valence-corrected chi connectivity index (χ4v) is 5.10. The Morgan fingerprint density at radius 3 is 2.37 bits per heavy atom. The maximum atomic E-state index is 13.0. The van der Waals surface area contributed by atoms with E-state index in [0.29, 0.717) is 23.8 Å². The average molecular weight is 419 g/mol. The van der Waals surface area contributed by atoms with Gasteiger partial charge < -0.3 is 15.2 Å². The van der Waals surface area contributed by atoms with Crippen LogP contribution in [0.3, 0.4) is 0 Å². The molecule has 1 aliphatic heterocycles. The van der Waals surface area contributed by atoms with Crippen molar-refractivity contribution in [2.24, 2.45) is 23.5 Å². The van der Waals surface area contributed by atoms with E-state index in [2.05, 4.69) is 15.0 Å². The van der Waals surface area contributed by atoms with Crippen LogP contribution in [0.2, 0.25) is 0 Å². The molecule has 1 saturated heterocycles. The quantitative estimate of drug-likeness (QED) is 0.815. The molecule has 2 atom stereocenters. The third-order valence-electron chi connectivity index (χ3n) is 6.51. The summed E-state index contributed by atoms with van der Waals surface area (Å²) in [5, 5.41) is 4.07. The SMILES string of the molecule is Cc1cc(CN2CCN(C(=O)C3CC4CCCC(C3)C4N)CC2)no1.Cl.Cl. The van der Waals surface area contributed by atoms with Crippen LogP contribution in [0, 0.1) is 24.7 Å². The zero-order valence-corrected chi connectivity index (χ0v) is 17.6. The van der Waals surface area contributed by atoms with Gasteiger partial charge in [0.25, 0.3) is 0 Å². The number of nitrogens with two attached hydrogens (primary N) is 1. The first-order chi connectivity index (χ1) is 12.1. The molecule has 0 radical (unpaired) electrons. The van der Waals surface area contributed by atoms with Crippen LogP contribution in [-0.4, -0.2) is 53.1 Å². The zero-order chi connectivity index (χ0) is 17.4. The molecular formula is C19H32Cl2N4O2. The van der Waals surface area contributed by atoms with E-state index in [0.717, 1.165) is 57.0 Å². The smallest absolute Gasteiger partial charge is 0.225 e. The monoisotopic (exact) mass is 418 g/mol. The van der Waals surface area contributed by atoms with E-state index in [1.54, 1.807) is 0 Å². The molecule has 1 amide bonds. The van der Waals surface area contributed by atoms with Crippen molar-refractivity contribution in [3.63, 3.8) is 0 Å². The van der Waals surface area contributed by atoms with Crippen LogP contribution < -0.4 is 5.73 Å². The van der Waals surface area contributed by atoms with Gasteiger partial charge in [0, 0.05) is 50.7 Å². The van der Waals surface area contributed by atoms with Crippen molar-refractivity contribution >= 4 is 30.7 Å². The van der Waals surface area contributed by atoms with Crippen LogP contribution in [0.4, 0.5) is 0 Å². The first-order valence-corrected chi connectivity index (χ1v) is 9.79. The molecule has 0 aromatic carbocycles. The van der Waals surface area contributed by atoms with Crippen molar-refractivity contribution in [3.05, 3.63) is 17.5 Å². The van der Waals surface area contributed by atoms with Gasteiger partial charge in [0.1, 0.15) is 5.76 Å². The van der Waals surface area contributed by atoms with E-state index in [9.17, 15) is 4.79 Å². The van der Waals surface area contributed by atoms with Crippen LogP contribution in [-0.2, 0) is 11.3 Å². The van der Waals surface area contributed by atoms with Gasteiger partial charge in [0.15, 0.2) is 0 Å². The van der Waals surface area contributed by atoms with Crippen LogP contribution in [0.15, 0.2) is 10.6 Å². The highest BCUT2D eigenvalue weighted by Crippen LogP contribution is 2.42. The van der Waals surface area contributed by atoms with Crippen LogP contribution >= 0.6 is 24.8 Å². The van der Waals surface area contributed by atoms with Gasteiger partial charge in [-0.1, -0.05) is 11.6 Å². The highest BCUT2D eigenvalue weighted by atomic mass is 35.5. The minimum atomic E-state index is 0. The molecule has 2 bridgehead atoms. The second kappa shape index (κ2) is 9.59. The van der Waals surface area contributed by atoms with Crippen LogP contribution in [0.1, 0.15) is 43.6 Å². The molecular weight excluding hydrogens is 387 g/mol. The third kappa shape index (κ3) is 4.97. The Bertz CT molecular complexity index is 605. The summed E-state index contributed by atoms with van der Waals surface area (Å²) >= 11 is 0. The standard InChI is InChI=1S/C19H30N4O2.2ClH/c1-13-9-17(21-25-13)12-22-5-7-23(8-6-22)19(24)16-10-14-3-2-4-15(11-16)18(14)20;;/h9,14-16,18H,2-8,10-12,20H2,1H3;2*1H. The summed E-state index contributed by atoms with van der Waals surface area (Å²) in [4.78, 5) is 17.4. The number of nitrogens with zero attached hydrogens (tertiary/aromatic N) is 3. The fourth-order valence-electron chi connectivity index (χ4n) is 5.10. The minimum absolute atomic E-state index is 0. The van der Waals surface area contributed by atoms with E-state index in [4.69, 9.17) is 10.3 Å². The molecule has 2 aliphatic carbocycles. The Morgan fingerprint density at radius 1 is 1.19 bits per heavy atom. The van der Waals surface area contributed by atoms with Gasteiger partial charge in [-0.2, -0.15) is 0 Å². The Kier molecular flexibility index (Phi) is 7.98. The molecule has 27 heavy (non-hydrogen) atoms. The van der Waals surface area contributed by atoms with Crippen molar-refractivity contribution in [1.29, 1.82) is 0 Å². The molecule has 2 N–H and O–H groups in total. The Labute approximate surface area is 174 Å². The summed E-state index contributed by atoms with van der Waals surface area (Å²) in [5.74, 6) is 2.57. The molecule has 6 nitrogen and oxygen atoms in total. The van der Waals surface area contributed by atoms with Crippen LogP contribution in [0.25, 0.3) is 0 Å². The fraction of sp³-hybridized carbons (Fsp3) is 0.789. The number of carbonyl (C=O) groups excluding carboxylic acids is 1. The first kappa shape index (κ1) is 22.5. The highest BCUT2D eigenvalue weighted by Gasteiger charge is 2.41. The van der Waals surface area contributed by atoms with Gasteiger partial charge in [-0.05, 0) is 44.4 Å². The number of aryl methyl sites for hydroxylation is 1. The Hall–Kier alpha value is -0.820. The molecule has 1 aromatic heterocycles. The van der Waals surface area contributed by atoms with Gasteiger partial charge in [-0.3, -0.25) is 9.69 Å². The topological polar surface area (TPSA) is 75.6 Å². The van der Waals surface area contributed by atoms with E-state index >= 15 is 0 Å². The van der Waals surface area contributed by atoms with Gasteiger partial charge in [0.05, 0.1) is 5.69 Å². The number of hydrogen-bond acceptors (Lipinski definition) is 5. The molecule has 4 rings (SSSR count). The molecule has 3 fully saturated rings. The van der Waals surface area contributed by atoms with E-state index in [-0.39, 0.29) is 30.7 Å². The summed E-state index contributed by atoms with van der Waals surface area (Å²) in [6.07, 6.45) is 5.74. The summed E-state index contributed by atoms with van der Waals surface area (Å²) in [5.41, 5.74) is 7.35. The van der Waals surface area contributed by atoms with Crippen molar-refractivity contribution in [1.82, 2.24) is 15.0 Å². The Morgan fingerprint density at radius 2 is 1.81 bits per heavy atom. The minimum Gasteiger partial charge on any atom is -0.361 e. The number of hydrogen-bond donors (Lipinski definition) is 1. The molecule has 1 aromatic rings. The Balaban J connectivity index is 0.00000131. The molecule has 0 spiro atoms. The van der Waals surface area contributed by atoms with Crippen molar-refractivity contribution in [2.75, 3.05) is 26.2 Å². The van der Waals surface area contributed by atoms with E-state index < -0.39 is 0 Å². The van der Waals surface area contributed by atoms with E-state index in [1.807, 2.05) is 13.0 Å². The molecule has 3 aliphatic rings. The summed E-state index contributed by atoms with van der Waals surface area (Å²) < 4.78 is 5.14. The number of amides is 1. The van der Waals surface area contributed by atoms with Crippen molar-refractivity contribution in [3.8, 4) is 0 Å². The molecule has 154 valence electrons. The summed E-state index contributed by atoms with van der Waals surface area (Å²) in [6, 6.07) is 2.32. The maximum absolute atomic E-state index is 13.0. The van der Waals surface area contributed by atoms with Gasteiger partial charge in [-0.15, -0.1) is 24.8 Å². The third-order valence-corrected chi connectivity index (χ3v) is 6.51. The van der Waals surface area contributed by atoms with E-state index in [1.165, 1.54) is 19.3 Å². The predicted octanol–water partition coefficient (Wildman–Crippen LogP) is 2.62. The second-order valence-corrected chi connectivity index (χ2v) is 8.23. The van der Waals surface area contributed by atoms with Crippen LogP contribution in [0.5, 0.6) is 0 Å². The van der Waals surface area contributed by atoms with Gasteiger partial charge >= 0.3 is 0 Å². The predicted molar refractivity (Wildman–Crippen MR) is 109 cm³/mol. The zero-order valence-electron chi connectivity index (χ0n) is 16.0. The van der Waals surface area contributed by atoms with Crippen molar-refractivity contribution in [2.45, 2.75) is 51.6 Å². The lowest BCUT2D eigenvalue weighted by molar-refractivity contribution is -0.140. The normalized spacial score (nSPS) is 31.0. The highest BCUT2D eigenvalue weighted by molar-refractivity contribution is 5.85. The maximum Gasteiger partial charge on any atom is 0.225 e. The van der Waals surface area contributed by atoms with Crippen molar-refractivity contribution < 1.29 is 9.32 Å². The number of carbonyl (C=O) groups is 1. The number of aromatic nitrogens is 1. The number of rotatable bonds is 3. The molecule has 2 heterocycles. The second-order valence-electron chi connectivity index (χ2n) is 8.23. The largest absolute Gasteiger partial charge is 0.361 e. The molecule has 2 saturated carbocycles. The lowest BCUT2D eigenvalue weighted by Gasteiger charge is -2.45. The average Bonchev–Trinajstić information content (AvgIpc) is 2.99. The number of halogens is 2. The molecule has 8 heteroatoms. The lowest BCUT2D eigenvalue weighted by atomic mass is 9.65.